The number of nitrogens with zero attached hydrogens (tertiary/aromatic N) is 3. The minimum Gasteiger partial charge on any atom is -0.481 e. The van der Waals surface area contributed by atoms with Crippen molar-refractivity contribution in [2.24, 2.45) is 5.41 Å². The quantitative estimate of drug-likeness (QED) is 0.727. The number of rotatable bonds is 7. The highest BCUT2D eigenvalue weighted by Gasteiger charge is 2.49. The highest BCUT2D eigenvalue weighted by atomic mass is 19.1. The van der Waals surface area contributed by atoms with Crippen LogP contribution in [-0.4, -0.2) is 50.1 Å². The summed E-state index contributed by atoms with van der Waals surface area (Å²) in [6.07, 6.45) is 4.85. The van der Waals surface area contributed by atoms with E-state index < -0.39 is 23.3 Å². The molecule has 3 rings (SSSR count). The average molecular weight is 373 g/mol. The molecule has 0 spiro atoms. The fourth-order valence-electron chi connectivity index (χ4n) is 3.75. The minimum atomic E-state index is -1.37. The van der Waals surface area contributed by atoms with Gasteiger partial charge in [0.2, 0.25) is 0 Å². The number of hydrogen-bond acceptors (Lipinski definition) is 4. The topological polar surface area (TPSA) is 78.6 Å². The molecule has 2 heterocycles. The molecule has 0 unspecified atom stereocenters. The van der Waals surface area contributed by atoms with Gasteiger partial charge < -0.3 is 10.2 Å². The van der Waals surface area contributed by atoms with E-state index in [9.17, 15) is 19.4 Å². The first kappa shape index (κ1) is 19.3. The number of aromatic nitrogens is 2. The van der Waals surface area contributed by atoms with Gasteiger partial charge in [-0.2, -0.15) is 5.10 Å². The maximum absolute atomic E-state index is 13.5. The van der Waals surface area contributed by atoms with Gasteiger partial charge in [0.1, 0.15) is 11.2 Å². The van der Waals surface area contributed by atoms with E-state index >= 15 is 0 Å². The first-order valence-corrected chi connectivity index (χ1v) is 8.93. The van der Waals surface area contributed by atoms with Crippen LogP contribution < -0.4 is 0 Å². The summed E-state index contributed by atoms with van der Waals surface area (Å²) >= 11 is 0. The van der Waals surface area contributed by atoms with Gasteiger partial charge in [0.25, 0.3) is 0 Å². The summed E-state index contributed by atoms with van der Waals surface area (Å²) < 4.78 is 15.3. The van der Waals surface area contributed by atoms with E-state index in [0.29, 0.717) is 31.6 Å². The van der Waals surface area contributed by atoms with Crippen LogP contribution in [0.1, 0.15) is 17.5 Å². The molecule has 0 radical (unpaired) electrons. The molecule has 6 nitrogen and oxygen atoms in total. The normalized spacial score (nSPS) is 23.3. The van der Waals surface area contributed by atoms with E-state index in [1.54, 1.807) is 29.1 Å². The number of hydrogen-bond donors (Lipinski definition) is 2. The van der Waals surface area contributed by atoms with Crippen LogP contribution in [0.5, 0.6) is 0 Å². The second-order valence-electron chi connectivity index (χ2n) is 7.14. The largest absolute Gasteiger partial charge is 0.481 e. The number of likely N-dealkylation sites (tertiary alicyclic amines) is 1. The second kappa shape index (κ2) is 8.02. The van der Waals surface area contributed by atoms with Crippen molar-refractivity contribution in [2.45, 2.75) is 32.0 Å². The molecule has 144 valence electrons. The Morgan fingerprint density at radius 1 is 1.44 bits per heavy atom. The van der Waals surface area contributed by atoms with Crippen molar-refractivity contribution >= 4 is 5.97 Å². The van der Waals surface area contributed by atoms with Gasteiger partial charge in [-0.3, -0.25) is 14.4 Å². The van der Waals surface area contributed by atoms with E-state index in [1.165, 1.54) is 12.1 Å². The standard InChI is InChI=1S/C20H24FN3O3/c1-2-7-24-13-16(11-22-24)12-23-8-6-18(25)20(14-23,19(26)27)10-15-4-3-5-17(21)9-15/h2-5,9,11,13,18,25H,1,6-8,10,12,14H2,(H,26,27)/t18-,20-/m1/s1. The number of carboxylic acids is 1. The van der Waals surface area contributed by atoms with Crippen LogP contribution in [0.25, 0.3) is 0 Å². The van der Waals surface area contributed by atoms with Crippen LogP contribution in [0.3, 0.4) is 0 Å². The molecule has 1 saturated heterocycles. The Morgan fingerprint density at radius 3 is 2.96 bits per heavy atom. The number of aliphatic hydroxyl groups is 1. The van der Waals surface area contributed by atoms with E-state index in [-0.39, 0.29) is 13.0 Å². The number of carbonyl (C=O) groups is 1. The van der Waals surface area contributed by atoms with E-state index in [1.807, 2.05) is 11.1 Å². The summed E-state index contributed by atoms with van der Waals surface area (Å²) in [5, 5.41) is 24.7. The zero-order valence-corrected chi connectivity index (χ0v) is 15.1. The zero-order chi connectivity index (χ0) is 19.4. The fraction of sp³-hybridized carbons (Fsp3) is 0.400. The van der Waals surface area contributed by atoms with Crippen molar-refractivity contribution in [1.82, 2.24) is 14.7 Å². The molecule has 27 heavy (non-hydrogen) atoms. The predicted octanol–water partition coefficient (Wildman–Crippen LogP) is 2.09. The lowest BCUT2D eigenvalue weighted by atomic mass is 9.72. The number of allylic oxidation sites excluding steroid dienone is 1. The Morgan fingerprint density at radius 2 is 2.26 bits per heavy atom. The van der Waals surface area contributed by atoms with Gasteiger partial charge in [0.05, 0.1) is 18.8 Å². The van der Waals surface area contributed by atoms with Crippen molar-refractivity contribution in [2.75, 3.05) is 13.1 Å². The number of carboxylic acid groups (broad SMARTS) is 1. The van der Waals surface area contributed by atoms with E-state index in [4.69, 9.17) is 0 Å². The SMILES string of the molecule is C=CCn1cc(CN2CC[C@@H](O)[C@](Cc3cccc(F)c3)(C(=O)O)C2)cn1. The molecule has 2 N–H and O–H groups in total. The third-order valence-corrected chi connectivity index (χ3v) is 5.11. The van der Waals surface area contributed by atoms with Crippen LogP contribution in [0.15, 0.2) is 49.3 Å². The maximum Gasteiger partial charge on any atom is 0.313 e. The molecule has 2 atom stereocenters. The van der Waals surface area contributed by atoms with Crippen LogP contribution in [0.2, 0.25) is 0 Å². The van der Waals surface area contributed by atoms with Gasteiger partial charge in [-0.15, -0.1) is 6.58 Å². The predicted molar refractivity (Wildman–Crippen MR) is 98.5 cm³/mol. The van der Waals surface area contributed by atoms with Gasteiger partial charge in [0.15, 0.2) is 0 Å². The Hall–Kier alpha value is -2.51. The first-order valence-electron chi connectivity index (χ1n) is 8.93. The number of piperidine rings is 1. The lowest BCUT2D eigenvalue weighted by Gasteiger charge is -2.43. The van der Waals surface area contributed by atoms with E-state index in [2.05, 4.69) is 11.7 Å². The lowest BCUT2D eigenvalue weighted by molar-refractivity contribution is -0.163. The van der Waals surface area contributed by atoms with Crippen LogP contribution >= 0.6 is 0 Å². The van der Waals surface area contributed by atoms with Gasteiger partial charge in [-0.1, -0.05) is 18.2 Å². The average Bonchev–Trinajstić information content (AvgIpc) is 3.05. The monoisotopic (exact) mass is 373 g/mol. The minimum absolute atomic E-state index is 0.0769. The molecule has 1 aliphatic rings. The number of halogens is 1. The molecule has 1 aromatic heterocycles. The Bertz CT molecular complexity index is 822. The molecule has 0 amide bonds. The molecule has 1 aromatic carbocycles. The second-order valence-corrected chi connectivity index (χ2v) is 7.14. The highest BCUT2D eigenvalue weighted by molar-refractivity contribution is 5.76. The molecule has 0 bridgehead atoms. The van der Waals surface area contributed by atoms with E-state index in [0.717, 1.165) is 5.56 Å². The Kier molecular flexibility index (Phi) is 5.72. The molecule has 0 aliphatic carbocycles. The molecule has 1 fully saturated rings. The summed E-state index contributed by atoms with van der Waals surface area (Å²) in [7, 11) is 0. The molecular weight excluding hydrogens is 349 g/mol. The lowest BCUT2D eigenvalue weighted by Crippen LogP contribution is -2.56. The van der Waals surface area contributed by atoms with Crippen molar-refractivity contribution in [3.05, 3.63) is 66.3 Å². The number of aliphatic hydroxyl groups excluding tert-OH is 1. The zero-order valence-electron chi connectivity index (χ0n) is 15.1. The molecular formula is C20H24FN3O3. The maximum atomic E-state index is 13.5. The third-order valence-electron chi connectivity index (χ3n) is 5.11. The van der Waals surface area contributed by atoms with Crippen LogP contribution in [0.4, 0.5) is 4.39 Å². The Balaban J connectivity index is 1.79. The summed E-state index contributed by atoms with van der Waals surface area (Å²) in [4.78, 5) is 14.2. The van der Waals surface area contributed by atoms with Gasteiger partial charge >= 0.3 is 5.97 Å². The van der Waals surface area contributed by atoms with Crippen LogP contribution in [0, 0.1) is 11.2 Å². The van der Waals surface area contributed by atoms with Crippen LogP contribution in [-0.2, 0) is 24.3 Å². The molecule has 7 heteroatoms. The smallest absolute Gasteiger partial charge is 0.313 e. The summed E-state index contributed by atoms with van der Waals surface area (Å²) in [6.45, 7) is 5.61. The number of aliphatic carboxylic acids is 1. The molecule has 0 saturated carbocycles. The van der Waals surface area contributed by atoms with Gasteiger partial charge in [-0.25, -0.2) is 4.39 Å². The fourth-order valence-corrected chi connectivity index (χ4v) is 3.75. The first-order chi connectivity index (χ1) is 12.9. The van der Waals surface area contributed by atoms with Gasteiger partial charge in [-0.05, 0) is 30.5 Å². The third kappa shape index (κ3) is 4.26. The van der Waals surface area contributed by atoms with Crippen molar-refractivity contribution in [3.63, 3.8) is 0 Å². The summed E-state index contributed by atoms with van der Waals surface area (Å²) in [6, 6.07) is 5.90. The Labute approximate surface area is 157 Å². The highest BCUT2D eigenvalue weighted by Crippen LogP contribution is 2.35. The molecule has 2 aromatic rings. The van der Waals surface area contributed by atoms with Crippen molar-refractivity contribution in [3.8, 4) is 0 Å². The van der Waals surface area contributed by atoms with Crippen molar-refractivity contribution in [1.29, 1.82) is 0 Å². The van der Waals surface area contributed by atoms with Crippen molar-refractivity contribution < 1.29 is 19.4 Å². The summed E-state index contributed by atoms with van der Waals surface area (Å²) in [5.74, 6) is -1.48. The molecule has 1 aliphatic heterocycles. The number of benzene rings is 1. The summed E-state index contributed by atoms with van der Waals surface area (Å²) in [5.41, 5.74) is 0.166. The van der Waals surface area contributed by atoms with Gasteiger partial charge in [0, 0.05) is 31.4 Å².